The predicted octanol–water partition coefficient (Wildman–Crippen LogP) is 3.85. The lowest BCUT2D eigenvalue weighted by Gasteiger charge is -2.33. The van der Waals surface area contributed by atoms with Crippen LogP contribution < -0.4 is 16.2 Å². The van der Waals surface area contributed by atoms with Crippen molar-refractivity contribution in [3.8, 4) is 0 Å². The van der Waals surface area contributed by atoms with Crippen LogP contribution in [0.1, 0.15) is 18.4 Å². The van der Waals surface area contributed by atoms with Crippen LogP contribution in [0.2, 0.25) is 24.7 Å². The molecule has 0 bridgehead atoms. The number of nitrogen functional groups attached to an aromatic ring is 1. The normalized spacial score (nSPS) is 16.0. The number of piperidine rings is 1. The van der Waals surface area contributed by atoms with Gasteiger partial charge in [0.25, 0.3) is 0 Å². The second-order valence-electron chi connectivity index (χ2n) is 8.61. The largest absolute Gasteiger partial charge is 0.378 e. The van der Waals surface area contributed by atoms with Gasteiger partial charge in [-0.25, -0.2) is 4.98 Å². The van der Waals surface area contributed by atoms with Crippen LogP contribution in [0.5, 0.6) is 0 Å². The predicted molar refractivity (Wildman–Crippen MR) is 122 cm³/mol. The third-order valence-corrected chi connectivity index (χ3v) is 7.73. The zero-order valence-corrected chi connectivity index (χ0v) is 18.9. The van der Waals surface area contributed by atoms with Gasteiger partial charge >= 0.3 is 5.69 Å². The lowest BCUT2D eigenvalue weighted by molar-refractivity contribution is -0.383. The Balaban J connectivity index is 1.59. The molecule has 2 heterocycles. The molecule has 156 valence electrons. The molecule has 0 spiro atoms. The summed E-state index contributed by atoms with van der Waals surface area (Å²) >= 11 is 6.15. The summed E-state index contributed by atoms with van der Waals surface area (Å²) in [5.41, 5.74) is 7.02. The van der Waals surface area contributed by atoms with Crippen LogP contribution in [-0.4, -0.2) is 42.0 Å². The van der Waals surface area contributed by atoms with E-state index in [2.05, 4.69) is 59.1 Å². The topological polar surface area (TPSA) is 97.3 Å². The van der Waals surface area contributed by atoms with Crippen LogP contribution >= 0.6 is 11.6 Å². The fraction of sp³-hybridized carbons (Fsp3) is 0.450. The van der Waals surface area contributed by atoms with Crippen molar-refractivity contribution in [3.63, 3.8) is 0 Å². The van der Waals surface area contributed by atoms with Gasteiger partial charge in [0, 0.05) is 25.7 Å². The molecule has 3 N–H and O–H groups in total. The second kappa shape index (κ2) is 8.69. The molecule has 9 heteroatoms. The Kier molecular flexibility index (Phi) is 6.45. The molecule has 0 radical (unpaired) electrons. The van der Waals surface area contributed by atoms with Gasteiger partial charge in [-0.1, -0.05) is 60.7 Å². The van der Waals surface area contributed by atoms with Gasteiger partial charge in [0.05, 0.1) is 24.2 Å². The molecule has 0 amide bonds. The zero-order valence-electron chi connectivity index (χ0n) is 17.1. The number of benzene rings is 1. The third kappa shape index (κ3) is 5.26. The Hall–Kier alpha value is -2.16. The van der Waals surface area contributed by atoms with Crippen LogP contribution in [0, 0.1) is 10.1 Å². The summed E-state index contributed by atoms with van der Waals surface area (Å²) in [6, 6.07) is 9.12. The van der Waals surface area contributed by atoms with Gasteiger partial charge in [-0.3, -0.25) is 15.0 Å². The molecule has 2 aromatic rings. The van der Waals surface area contributed by atoms with Crippen LogP contribution in [0.3, 0.4) is 0 Å². The standard InChI is InChI=1S/C20H28ClN5O2Si/c1-29(2,3)16-6-4-14(5-7-16)13-25-10-8-15(9-11-25)24-18-17(21)12-23-20(22)19(18)26(27)28/h4-7,12,15H,8-11,13H2,1-3H3,(H3,22,23,24). The molecule has 1 aliphatic heterocycles. The monoisotopic (exact) mass is 433 g/mol. The molecule has 7 nitrogen and oxygen atoms in total. The smallest absolute Gasteiger partial charge is 0.335 e. The summed E-state index contributed by atoms with van der Waals surface area (Å²) < 4.78 is 0. The van der Waals surface area contributed by atoms with Gasteiger partial charge in [-0.2, -0.15) is 0 Å². The second-order valence-corrected chi connectivity index (χ2v) is 14.1. The Morgan fingerprint density at radius 3 is 2.45 bits per heavy atom. The highest BCUT2D eigenvalue weighted by atomic mass is 35.5. The molecule has 1 aromatic carbocycles. The minimum absolute atomic E-state index is 0.110. The first-order valence-electron chi connectivity index (χ1n) is 9.82. The SMILES string of the molecule is C[Si](C)(C)c1ccc(CN2CCC(Nc3c(Cl)cnc(N)c3[N+](=O)[O-])CC2)cc1. The highest BCUT2D eigenvalue weighted by molar-refractivity contribution is 6.88. The molecular formula is C20H28ClN5O2Si. The first kappa shape index (κ1) is 21.5. The van der Waals surface area contributed by atoms with Crippen molar-refractivity contribution in [1.29, 1.82) is 0 Å². The maximum Gasteiger partial charge on any atom is 0.335 e. The third-order valence-electron chi connectivity index (χ3n) is 5.38. The lowest BCUT2D eigenvalue weighted by Crippen LogP contribution is -2.39. The number of hydrogen-bond acceptors (Lipinski definition) is 6. The maximum absolute atomic E-state index is 11.4. The number of likely N-dealkylation sites (tertiary alicyclic amines) is 1. The van der Waals surface area contributed by atoms with Crippen molar-refractivity contribution in [2.75, 3.05) is 24.1 Å². The Bertz CT molecular complexity index is 878. The maximum atomic E-state index is 11.4. The van der Waals surface area contributed by atoms with E-state index in [1.807, 2.05) is 0 Å². The Labute approximate surface area is 177 Å². The van der Waals surface area contributed by atoms with E-state index < -0.39 is 13.0 Å². The van der Waals surface area contributed by atoms with Crippen molar-refractivity contribution in [1.82, 2.24) is 9.88 Å². The van der Waals surface area contributed by atoms with Crippen LogP contribution in [-0.2, 0) is 6.54 Å². The van der Waals surface area contributed by atoms with E-state index in [0.29, 0.717) is 0 Å². The van der Waals surface area contributed by atoms with Crippen molar-refractivity contribution < 1.29 is 4.92 Å². The number of nitrogens with one attached hydrogen (secondary N) is 1. The summed E-state index contributed by atoms with van der Waals surface area (Å²) in [6.45, 7) is 9.81. The average molecular weight is 434 g/mol. The van der Waals surface area contributed by atoms with Crippen LogP contribution in [0.25, 0.3) is 0 Å². The zero-order chi connectivity index (χ0) is 21.2. The van der Waals surface area contributed by atoms with Crippen LogP contribution in [0.15, 0.2) is 30.5 Å². The molecule has 3 rings (SSSR count). The van der Waals surface area contributed by atoms with Gasteiger partial charge in [0.2, 0.25) is 5.82 Å². The highest BCUT2D eigenvalue weighted by Crippen LogP contribution is 2.36. The summed E-state index contributed by atoms with van der Waals surface area (Å²) in [5, 5.41) is 16.3. The van der Waals surface area contributed by atoms with E-state index in [9.17, 15) is 10.1 Å². The molecule has 0 saturated carbocycles. The first-order valence-corrected chi connectivity index (χ1v) is 13.7. The van der Waals surface area contributed by atoms with Crippen molar-refractivity contribution in [3.05, 3.63) is 51.2 Å². The summed E-state index contributed by atoms with van der Waals surface area (Å²) in [5.74, 6) is -0.124. The van der Waals surface area contributed by atoms with Gasteiger partial charge in [0.1, 0.15) is 5.69 Å². The number of hydrogen-bond donors (Lipinski definition) is 2. The van der Waals surface area contributed by atoms with Crippen molar-refractivity contribution in [2.45, 2.75) is 45.1 Å². The van der Waals surface area contributed by atoms with E-state index in [1.165, 1.54) is 16.9 Å². The van der Waals surface area contributed by atoms with E-state index in [0.717, 1.165) is 32.5 Å². The summed E-state index contributed by atoms with van der Waals surface area (Å²) in [7, 11) is -1.27. The molecule has 29 heavy (non-hydrogen) atoms. The van der Waals surface area contributed by atoms with Crippen LogP contribution in [0.4, 0.5) is 17.2 Å². The molecule has 1 aliphatic rings. The number of aromatic nitrogens is 1. The van der Waals surface area contributed by atoms with E-state index in [4.69, 9.17) is 17.3 Å². The number of pyridine rings is 1. The number of rotatable bonds is 6. The molecule has 1 saturated heterocycles. The fourth-order valence-corrected chi connectivity index (χ4v) is 4.98. The molecule has 1 fully saturated rings. The minimum atomic E-state index is -1.27. The molecule has 0 unspecified atom stereocenters. The highest BCUT2D eigenvalue weighted by Gasteiger charge is 2.27. The quantitative estimate of drug-likeness (QED) is 0.408. The minimum Gasteiger partial charge on any atom is -0.378 e. The Morgan fingerprint density at radius 1 is 1.28 bits per heavy atom. The van der Waals surface area contributed by atoms with E-state index in [1.54, 1.807) is 0 Å². The molecule has 0 aliphatic carbocycles. The van der Waals surface area contributed by atoms with Gasteiger partial charge in [0.15, 0.2) is 0 Å². The lowest BCUT2D eigenvalue weighted by atomic mass is 10.0. The molecular weight excluding hydrogens is 406 g/mol. The number of nitro groups is 1. The van der Waals surface area contributed by atoms with Gasteiger partial charge < -0.3 is 11.1 Å². The summed E-state index contributed by atoms with van der Waals surface area (Å²) in [4.78, 5) is 17.0. The first-order chi connectivity index (χ1) is 13.6. The van der Waals surface area contributed by atoms with Crippen molar-refractivity contribution >= 4 is 42.1 Å². The van der Waals surface area contributed by atoms with Gasteiger partial charge in [-0.15, -0.1) is 0 Å². The van der Waals surface area contributed by atoms with E-state index in [-0.39, 0.29) is 28.3 Å². The molecule has 0 atom stereocenters. The van der Waals surface area contributed by atoms with Crippen molar-refractivity contribution in [2.24, 2.45) is 0 Å². The Morgan fingerprint density at radius 2 is 1.90 bits per heavy atom. The van der Waals surface area contributed by atoms with E-state index >= 15 is 0 Å². The molecule has 1 aromatic heterocycles. The number of anilines is 2. The number of halogens is 1. The summed E-state index contributed by atoms with van der Waals surface area (Å²) in [6.07, 6.45) is 3.11. The van der Waals surface area contributed by atoms with Gasteiger partial charge in [-0.05, 0) is 18.4 Å². The fourth-order valence-electron chi connectivity index (χ4n) is 3.62. The number of nitrogens with two attached hydrogens (primary N) is 1. The average Bonchev–Trinajstić information content (AvgIpc) is 2.66. The number of nitrogens with zero attached hydrogens (tertiary/aromatic N) is 3.